The van der Waals surface area contributed by atoms with Crippen molar-refractivity contribution in [1.29, 1.82) is 5.26 Å². The molecule has 0 aromatic carbocycles. The molecule has 0 bridgehead atoms. The number of hydrogen-bond acceptors (Lipinski definition) is 4. The molecule has 0 saturated carbocycles. The minimum absolute atomic E-state index is 0.384. The van der Waals surface area contributed by atoms with E-state index in [0.717, 1.165) is 30.7 Å². The van der Waals surface area contributed by atoms with Crippen LogP contribution in [0.3, 0.4) is 0 Å². The molecular formula is C14H20N4. The number of hydrogen-bond donors (Lipinski definition) is 0. The van der Waals surface area contributed by atoms with Gasteiger partial charge in [0.15, 0.2) is 5.69 Å². The highest BCUT2D eigenvalue weighted by molar-refractivity contribution is 5.37. The van der Waals surface area contributed by atoms with Crippen molar-refractivity contribution in [2.24, 2.45) is 11.8 Å². The quantitative estimate of drug-likeness (QED) is 0.820. The molecule has 1 aliphatic heterocycles. The van der Waals surface area contributed by atoms with Gasteiger partial charge in [0.25, 0.3) is 0 Å². The third kappa shape index (κ3) is 3.19. The Morgan fingerprint density at radius 1 is 1.44 bits per heavy atom. The highest BCUT2D eigenvalue weighted by Crippen LogP contribution is 2.25. The predicted molar refractivity (Wildman–Crippen MR) is 71.1 cm³/mol. The summed E-state index contributed by atoms with van der Waals surface area (Å²) in [6.07, 6.45) is 7.09. The fourth-order valence-corrected chi connectivity index (χ4v) is 2.67. The van der Waals surface area contributed by atoms with Crippen molar-refractivity contribution in [2.75, 3.05) is 18.0 Å². The molecule has 1 atom stereocenters. The summed E-state index contributed by atoms with van der Waals surface area (Å²) in [5.41, 5.74) is 0.384. The lowest BCUT2D eigenvalue weighted by Gasteiger charge is -2.34. The first-order valence-electron chi connectivity index (χ1n) is 6.66. The maximum Gasteiger partial charge on any atom is 0.158 e. The Morgan fingerprint density at radius 3 is 2.89 bits per heavy atom. The van der Waals surface area contributed by atoms with E-state index in [1.165, 1.54) is 19.3 Å². The minimum Gasteiger partial charge on any atom is -0.355 e. The molecule has 2 heterocycles. The molecule has 18 heavy (non-hydrogen) atoms. The van der Waals surface area contributed by atoms with E-state index in [0.29, 0.717) is 5.69 Å². The van der Waals surface area contributed by atoms with Crippen LogP contribution in [0.2, 0.25) is 0 Å². The van der Waals surface area contributed by atoms with Crippen LogP contribution >= 0.6 is 0 Å². The maximum atomic E-state index is 8.71. The lowest BCUT2D eigenvalue weighted by atomic mass is 9.90. The molecule has 96 valence electrons. The molecule has 0 radical (unpaired) electrons. The van der Waals surface area contributed by atoms with Crippen LogP contribution in [-0.4, -0.2) is 23.1 Å². The first-order valence-corrected chi connectivity index (χ1v) is 6.66. The van der Waals surface area contributed by atoms with Gasteiger partial charge in [0, 0.05) is 13.1 Å². The van der Waals surface area contributed by atoms with Gasteiger partial charge in [-0.15, -0.1) is 0 Å². The third-order valence-corrected chi connectivity index (χ3v) is 3.40. The van der Waals surface area contributed by atoms with Crippen LogP contribution in [0, 0.1) is 23.2 Å². The summed E-state index contributed by atoms with van der Waals surface area (Å²) >= 11 is 0. The van der Waals surface area contributed by atoms with E-state index in [1.807, 2.05) is 6.07 Å². The van der Waals surface area contributed by atoms with Crippen molar-refractivity contribution in [3.8, 4) is 6.07 Å². The van der Waals surface area contributed by atoms with Gasteiger partial charge in [0.05, 0.1) is 12.4 Å². The second-order valence-corrected chi connectivity index (χ2v) is 5.46. The van der Waals surface area contributed by atoms with E-state index in [1.54, 1.807) is 12.4 Å². The number of anilines is 1. The summed E-state index contributed by atoms with van der Waals surface area (Å²) in [7, 11) is 0. The van der Waals surface area contributed by atoms with Gasteiger partial charge in [-0.25, -0.2) is 9.97 Å². The molecule has 0 N–H and O–H groups in total. The Kier molecular flexibility index (Phi) is 4.14. The van der Waals surface area contributed by atoms with E-state index >= 15 is 0 Å². The Bertz CT molecular complexity index is 418. The minimum atomic E-state index is 0.384. The lowest BCUT2D eigenvalue weighted by Crippen LogP contribution is -2.36. The van der Waals surface area contributed by atoms with Gasteiger partial charge < -0.3 is 4.90 Å². The van der Waals surface area contributed by atoms with Crippen molar-refractivity contribution in [1.82, 2.24) is 9.97 Å². The summed E-state index contributed by atoms with van der Waals surface area (Å²) in [5.74, 6) is 2.42. The standard InChI is InChI=1S/C14H20N4/c1-11(2)6-12-4-3-5-18(10-12)14-9-16-13(7-15)8-17-14/h8-9,11-12H,3-6,10H2,1-2H3. The monoisotopic (exact) mass is 244 g/mol. The molecule has 4 nitrogen and oxygen atoms in total. The maximum absolute atomic E-state index is 8.71. The SMILES string of the molecule is CC(C)CC1CCCN(c2cnc(C#N)cn2)C1. The number of nitriles is 1. The zero-order valence-corrected chi connectivity index (χ0v) is 11.1. The van der Waals surface area contributed by atoms with Gasteiger partial charge in [-0.3, -0.25) is 0 Å². The van der Waals surface area contributed by atoms with Gasteiger partial charge in [-0.05, 0) is 31.1 Å². The zero-order valence-electron chi connectivity index (χ0n) is 11.1. The summed E-state index contributed by atoms with van der Waals surface area (Å²) in [6.45, 7) is 6.68. The highest BCUT2D eigenvalue weighted by Gasteiger charge is 2.21. The van der Waals surface area contributed by atoms with Crippen molar-refractivity contribution in [3.05, 3.63) is 18.1 Å². The summed E-state index contributed by atoms with van der Waals surface area (Å²) in [5, 5.41) is 8.71. The molecule has 2 rings (SSSR count). The molecule has 1 saturated heterocycles. The lowest BCUT2D eigenvalue weighted by molar-refractivity contribution is 0.346. The van der Waals surface area contributed by atoms with Gasteiger partial charge in [0.1, 0.15) is 11.9 Å². The average Bonchev–Trinajstić information content (AvgIpc) is 2.38. The molecule has 4 heteroatoms. The van der Waals surface area contributed by atoms with E-state index < -0.39 is 0 Å². The van der Waals surface area contributed by atoms with Crippen LogP contribution in [0.1, 0.15) is 38.8 Å². The van der Waals surface area contributed by atoms with Gasteiger partial charge in [-0.2, -0.15) is 5.26 Å². The number of aromatic nitrogens is 2. The molecule has 0 amide bonds. The molecule has 1 aromatic rings. The Hall–Kier alpha value is -1.63. The Labute approximate surface area is 109 Å². The molecule has 0 aliphatic carbocycles. The second kappa shape index (κ2) is 5.81. The first-order chi connectivity index (χ1) is 8.69. The fraction of sp³-hybridized carbons (Fsp3) is 0.643. The molecule has 1 unspecified atom stereocenters. The van der Waals surface area contributed by atoms with Crippen LogP contribution in [0.4, 0.5) is 5.82 Å². The van der Waals surface area contributed by atoms with E-state index in [4.69, 9.17) is 5.26 Å². The normalized spacial score (nSPS) is 19.9. The smallest absolute Gasteiger partial charge is 0.158 e. The van der Waals surface area contributed by atoms with Gasteiger partial charge in [0.2, 0.25) is 0 Å². The summed E-state index contributed by atoms with van der Waals surface area (Å²) in [4.78, 5) is 10.7. The van der Waals surface area contributed by atoms with Gasteiger partial charge in [-0.1, -0.05) is 13.8 Å². The topological polar surface area (TPSA) is 52.8 Å². The third-order valence-electron chi connectivity index (χ3n) is 3.40. The molecule has 1 aliphatic rings. The van der Waals surface area contributed by atoms with E-state index in [2.05, 4.69) is 28.7 Å². The first kappa shape index (κ1) is 12.8. The highest BCUT2D eigenvalue weighted by atomic mass is 15.2. The van der Waals surface area contributed by atoms with Crippen molar-refractivity contribution >= 4 is 5.82 Å². The van der Waals surface area contributed by atoms with Crippen molar-refractivity contribution < 1.29 is 0 Å². The number of nitrogens with zero attached hydrogens (tertiary/aromatic N) is 4. The largest absolute Gasteiger partial charge is 0.355 e. The molecular weight excluding hydrogens is 224 g/mol. The number of rotatable bonds is 3. The van der Waals surface area contributed by atoms with Crippen molar-refractivity contribution in [2.45, 2.75) is 33.1 Å². The van der Waals surface area contributed by atoms with Crippen LogP contribution in [0.15, 0.2) is 12.4 Å². The zero-order chi connectivity index (χ0) is 13.0. The van der Waals surface area contributed by atoms with E-state index in [-0.39, 0.29) is 0 Å². The summed E-state index contributed by atoms with van der Waals surface area (Å²) in [6, 6.07) is 2.00. The van der Waals surface area contributed by atoms with Crippen LogP contribution in [0.5, 0.6) is 0 Å². The molecule has 1 aromatic heterocycles. The van der Waals surface area contributed by atoms with Crippen LogP contribution in [-0.2, 0) is 0 Å². The van der Waals surface area contributed by atoms with Crippen LogP contribution < -0.4 is 4.90 Å². The average molecular weight is 244 g/mol. The predicted octanol–water partition coefficient (Wildman–Crippen LogP) is 2.61. The Morgan fingerprint density at radius 2 is 2.28 bits per heavy atom. The Balaban J connectivity index is 2.01. The fourth-order valence-electron chi connectivity index (χ4n) is 2.67. The molecule has 1 fully saturated rings. The van der Waals surface area contributed by atoms with E-state index in [9.17, 15) is 0 Å². The van der Waals surface area contributed by atoms with Crippen molar-refractivity contribution in [3.63, 3.8) is 0 Å². The number of piperidine rings is 1. The second-order valence-electron chi connectivity index (χ2n) is 5.46. The summed E-state index contributed by atoms with van der Waals surface area (Å²) < 4.78 is 0. The molecule has 0 spiro atoms. The van der Waals surface area contributed by atoms with Gasteiger partial charge >= 0.3 is 0 Å². The van der Waals surface area contributed by atoms with Crippen LogP contribution in [0.25, 0.3) is 0 Å².